The molecule has 4 heteroatoms. The Balaban J connectivity index is 3.34. The standard InChI is InChI=1S/C3H10NO2P/c1-7(2,3)6-4-5/h7H,1-3H3. The Labute approximate surface area is 43.4 Å². The van der Waals surface area contributed by atoms with Crippen molar-refractivity contribution in [2.45, 2.75) is 0 Å². The van der Waals surface area contributed by atoms with E-state index in [9.17, 15) is 4.91 Å². The van der Waals surface area contributed by atoms with Crippen molar-refractivity contribution in [1.82, 2.24) is 0 Å². The predicted octanol–water partition coefficient (Wildman–Crippen LogP) is 1.24. The third-order valence-electron chi connectivity index (χ3n) is 0.311. The Hall–Kier alpha value is -0.170. The van der Waals surface area contributed by atoms with Gasteiger partial charge >= 0.3 is 42.4 Å². The first kappa shape index (κ1) is 6.83. The summed E-state index contributed by atoms with van der Waals surface area (Å²) < 4.78 is 4.44. The van der Waals surface area contributed by atoms with E-state index in [1.165, 1.54) is 0 Å². The maximum absolute atomic E-state index is 9.38. The number of hydrogen-bond acceptors (Lipinski definition) is 3. The molecule has 0 bridgehead atoms. The molecule has 0 unspecified atom stereocenters. The van der Waals surface area contributed by atoms with Gasteiger partial charge in [-0.2, -0.15) is 0 Å². The zero-order valence-corrected chi connectivity index (χ0v) is 5.76. The predicted molar refractivity (Wildman–Crippen MR) is 33.0 cm³/mol. The molecule has 3 nitrogen and oxygen atoms in total. The molecule has 0 aromatic carbocycles. The molecule has 0 aliphatic carbocycles. The van der Waals surface area contributed by atoms with E-state index in [0.717, 1.165) is 0 Å². The summed E-state index contributed by atoms with van der Waals surface area (Å²) in [5, 5.41) is 2.32. The molecule has 0 saturated heterocycles. The van der Waals surface area contributed by atoms with Crippen LogP contribution in [0.25, 0.3) is 0 Å². The van der Waals surface area contributed by atoms with Crippen LogP contribution in [0.5, 0.6) is 0 Å². The second kappa shape index (κ2) is 2.22. The van der Waals surface area contributed by atoms with Crippen LogP contribution in [0.3, 0.4) is 0 Å². The summed E-state index contributed by atoms with van der Waals surface area (Å²) in [7, 11) is -1.64. The van der Waals surface area contributed by atoms with Crippen LogP contribution in [0.1, 0.15) is 0 Å². The second-order valence-corrected chi connectivity index (χ2v) is 6.69. The first-order valence-electron chi connectivity index (χ1n) is 2.07. The molecule has 0 aromatic heterocycles. The monoisotopic (exact) mass is 123 g/mol. The fourth-order valence-corrected chi connectivity index (χ4v) is 0.335. The Morgan fingerprint density at radius 2 is 1.86 bits per heavy atom. The molecule has 0 saturated carbocycles. The third kappa shape index (κ3) is 5.83. The van der Waals surface area contributed by atoms with Crippen molar-refractivity contribution >= 4 is 7.49 Å². The van der Waals surface area contributed by atoms with E-state index in [0.29, 0.717) is 0 Å². The van der Waals surface area contributed by atoms with E-state index in [-0.39, 0.29) is 0 Å². The summed E-state index contributed by atoms with van der Waals surface area (Å²) in [4.78, 5) is 9.38. The first-order chi connectivity index (χ1) is 3.06. The van der Waals surface area contributed by atoms with Crippen LogP contribution in [0.4, 0.5) is 0 Å². The van der Waals surface area contributed by atoms with Crippen molar-refractivity contribution in [3.8, 4) is 0 Å². The summed E-state index contributed by atoms with van der Waals surface area (Å²) in [5.41, 5.74) is 0. The zero-order valence-electron chi connectivity index (χ0n) is 4.76. The Morgan fingerprint density at radius 3 is 1.86 bits per heavy atom. The summed E-state index contributed by atoms with van der Waals surface area (Å²) in [5.74, 6) is 0. The van der Waals surface area contributed by atoms with E-state index in [1.54, 1.807) is 0 Å². The molecule has 0 atom stereocenters. The van der Waals surface area contributed by atoms with E-state index >= 15 is 0 Å². The van der Waals surface area contributed by atoms with Gasteiger partial charge in [0.15, 0.2) is 0 Å². The molecular weight excluding hydrogens is 113 g/mol. The van der Waals surface area contributed by atoms with E-state index in [1.807, 2.05) is 20.0 Å². The summed E-state index contributed by atoms with van der Waals surface area (Å²) >= 11 is 0. The summed E-state index contributed by atoms with van der Waals surface area (Å²) in [6.07, 6.45) is 0. The van der Waals surface area contributed by atoms with Crippen molar-refractivity contribution in [2.75, 3.05) is 20.0 Å². The average molecular weight is 123 g/mol. The molecule has 0 spiro atoms. The van der Waals surface area contributed by atoms with Gasteiger partial charge in [-0.1, -0.05) is 0 Å². The summed E-state index contributed by atoms with van der Waals surface area (Å²) in [6.45, 7) is 5.69. The van der Waals surface area contributed by atoms with Gasteiger partial charge in [-0.15, -0.1) is 0 Å². The van der Waals surface area contributed by atoms with Crippen LogP contribution in [-0.4, -0.2) is 20.0 Å². The molecule has 0 fully saturated rings. The molecule has 0 aliphatic rings. The number of hydrogen-bond donors (Lipinski definition) is 0. The van der Waals surface area contributed by atoms with Crippen molar-refractivity contribution in [1.29, 1.82) is 0 Å². The number of rotatable bonds is 2. The second-order valence-electron chi connectivity index (χ2n) is 2.28. The molecule has 0 aliphatic heterocycles. The normalized spacial score (nSPS) is 13.0. The first-order valence-corrected chi connectivity index (χ1v) is 5.48. The van der Waals surface area contributed by atoms with Crippen LogP contribution in [-0.2, 0) is 4.62 Å². The van der Waals surface area contributed by atoms with E-state index in [2.05, 4.69) is 9.96 Å². The van der Waals surface area contributed by atoms with Gasteiger partial charge in [0.25, 0.3) is 0 Å². The van der Waals surface area contributed by atoms with Crippen molar-refractivity contribution in [3.05, 3.63) is 4.91 Å². The molecule has 0 radical (unpaired) electrons. The molecule has 7 heavy (non-hydrogen) atoms. The Bertz CT molecular complexity index is 67.8. The van der Waals surface area contributed by atoms with Crippen molar-refractivity contribution < 1.29 is 4.62 Å². The molecule has 44 valence electrons. The molecule has 0 N–H and O–H groups in total. The van der Waals surface area contributed by atoms with Gasteiger partial charge in [-0.05, 0) is 0 Å². The van der Waals surface area contributed by atoms with E-state index < -0.39 is 7.49 Å². The number of nitrogens with zero attached hydrogens (tertiary/aromatic N) is 1. The summed E-state index contributed by atoms with van der Waals surface area (Å²) in [6, 6.07) is 0. The average Bonchev–Trinajstić information content (AvgIpc) is 1.30. The van der Waals surface area contributed by atoms with Crippen molar-refractivity contribution in [2.24, 2.45) is 5.34 Å². The third-order valence-corrected chi connectivity index (χ3v) is 0.933. The molecule has 0 heterocycles. The minimum atomic E-state index is -1.64. The Kier molecular flexibility index (Phi) is 2.16. The minimum absolute atomic E-state index is 1.64. The van der Waals surface area contributed by atoms with Gasteiger partial charge in [0, 0.05) is 0 Å². The van der Waals surface area contributed by atoms with Gasteiger partial charge < -0.3 is 0 Å². The van der Waals surface area contributed by atoms with Crippen LogP contribution >= 0.6 is 7.49 Å². The maximum atomic E-state index is 9.38. The Morgan fingerprint density at radius 1 is 1.43 bits per heavy atom. The van der Waals surface area contributed by atoms with Crippen LogP contribution in [0.15, 0.2) is 5.34 Å². The van der Waals surface area contributed by atoms with Gasteiger partial charge in [0.1, 0.15) is 0 Å². The van der Waals surface area contributed by atoms with Crippen LogP contribution in [0.2, 0.25) is 0 Å². The van der Waals surface area contributed by atoms with Crippen LogP contribution < -0.4 is 0 Å². The SMILES string of the molecule is C[PH](C)(C)ON=O. The molecular formula is C3H10NO2P. The van der Waals surface area contributed by atoms with Gasteiger partial charge in [0.05, 0.1) is 0 Å². The molecule has 0 aromatic rings. The topological polar surface area (TPSA) is 38.7 Å². The molecule has 0 rings (SSSR count). The fraction of sp³-hybridized carbons (Fsp3) is 1.00. The van der Waals surface area contributed by atoms with E-state index in [4.69, 9.17) is 0 Å². The zero-order chi connectivity index (χ0) is 5.91. The van der Waals surface area contributed by atoms with Crippen LogP contribution in [0, 0.1) is 4.91 Å². The van der Waals surface area contributed by atoms with Gasteiger partial charge in [-0.3, -0.25) is 0 Å². The molecule has 0 amide bonds. The fourth-order valence-electron chi connectivity index (χ4n) is 0.112. The van der Waals surface area contributed by atoms with Gasteiger partial charge in [-0.25, -0.2) is 0 Å². The van der Waals surface area contributed by atoms with Gasteiger partial charge in [0.2, 0.25) is 0 Å². The van der Waals surface area contributed by atoms with Crippen molar-refractivity contribution in [3.63, 3.8) is 0 Å². The quantitative estimate of drug-likeness (QED) is 0.314.